The van der Waals surface area contributed by atoms with Crippen molar-refractivity contribution < 1.29 is 0 Å². The lowest BCUT2D eigenvalue weighted by Gasteiger charge is -2.15. The van der Waals surface area contributed by atoms with Crippen LogP contribution in [0.25, 0.3) is 71.6 Å². The lowest BCUT2D eigenvalue weighted by molar-refractivity contribution is 1.18. The third kappa shape index (κ3) is 3.07. The van der Waals surface area contributed by atoms with Gasteiger partial charge < -0.3 is 9.55 Å². The number of hydrogen-bond acceptors (Lipinski definition) is 0. The van der Waals surface area contributed by atoms with Gasteiger partial charge in [0.1, 0.15) is 0 Å². The number of fused-ring (bicyclic) bond motifs is 7. The molecule has 8 rings (SSSR count). The van der Waals surface area contributed by atoms with Crippen molar-refractivity contribution in [3.05, 3.63) is 140 Å². The highest BCUT2D eigenvalue weighted by Gasteiger charge is 2.18. The van der Waals surface area contributed by atoms with Gasteiger partial charge in [0.25, 0.3) is 0 Å². The van der Waals surface area contributed by atoms with Gasteiger partial charge in [-0.25, -0.2) is 0 Å². The molecule has 0 radical (unpaired) electrons. The summed E-state index contributed by atoms with van der Waals surface area (Å²) in [6, 6.07) is 50.1. The molecule has 6 aromatic carbocycles. The Bertz CT molecular complexity index is 2110. The molecule has 178 valence electrons. The second-order valence-electron chi connectivity index (χ2n) is 9.87. The van der Waals surface area contributed by atoms with Gasteiger partial charge in [0.05, 0.1) is 16.6 Å². The Labute approximate surface area is 220 Å². The number of hydrogen-bond donors (Lipinski definition) is 1. The van der Waals surface area contributed by atoms with Crippen LogP contribution >= 0.6 is 0 Å². The predicted octanol–water partition coefficient (Wildman–Crippen LogP) is 9.75. The van der Waals surface area contributed by atoms with E-state index in [4.69, 9.17) is 0 Å². The van der Waals surface area contributed by atoms with Crippen LogP contribution < -0.4 is 0 Å². The number of rotatable bonds is 3. The number of para-hydroxylation sites is 2. The molecule has 1 N–H and O–H groups in total. The first-order valence-corrected chi connectivity index (χ1v) is 13.0. The van der Waals surface area contributed by atoms with Crippen molar-refractivity contribution in [2.45, 2.75) is 0 Å². The molecule has 2 heteroatoms. The highest BCUT2D eigenvalue weighted by Crippen LogP contribution is 2.40. The lowest BCUT2D eigenvalue weighted by Crippen LogP contribution is -1.96. The Kier molecular flexibility index (Phi) is 4.55. The smallest absolute Gasteiger partial charge is 0.0783 e. The maximum Gasteiger partial charge on any atom is 0.0783 e. The number of H-pyrrole nitrogens is 1. The first-order valence-electron chi connectivity index (χ1n) is 13.0. The van der Waals surface area contributed by atoms with Crippen molar-refractivity contribution in [3.63, 3.8) is 0 Å². The summed E-state index contributed by atoms with van der Waals surface area (Å²) in [5.74, 6) is 0. The second kappa shape index (κ2) is 8.22. The zero-order valence-corrected chi connectivity index (χ0v) is 20.7. The summed E-state index contributed by atoms with van der Waals surface area (Å²) in [6.07, 6.45) is 0. The zero-order valence-electron chi connectivity index (χ0n) is 20.7. The van der Waals surface area contributed by atoms with Crippen molar-refractivity contribution in [2.75, 3.05) is 0 Å². The largest absolute Gasteiger partial charge is 0.353 e. The molecule has 0 aliphatic heterocycles. The Hall–Kier alpha value is -5.08. The van der Waals surface area contributed by atoms with E-state index in [-0.39, 0.29) is 0 Å². The van der Waals surface area contributed by atoms with Crippen LogP contribution in [0.4, 0.5) is 0 Å². The molecule has 2 nitrogen and oxygen atoms in total. The van der Waals surface area contributed by atoms with Crippen LogP contribution in [0.1, 0.15) is 0 Å². The summed E-state index contributed by atoms with van der Waals surface area (Å²) in [6.45, 7) is 0. The van der Waals surface area contributed by atoms with Crippen LogP contribution in [0.15, 0.2) is 140 Å². The highest BCUT2D eigenvalue weighted by atomic mass is 15.0. The first-order chi connectivity index (χ1) is 18.9. The van der Waals surface area contributed by atoms with Crippen molar-refractivity contribution >= 4 is 43.6 Å². The molecule has 0 saturated carbocycles. The third-order valence-corrected chi connectivity index (χ3v) is 7.74. The number of aromatic amines is 1. The second-order valence-corrected chi connectivity index (χ2v) is 9.87. The highest BCUT2D eigenvalue weighted by molar-refractivity contribution is 6.22. The molecule has 0 aliphatic carbocycles. The molecule has 8 aromatic rings. The molecule has 0 aliphatic rings. The summed E-state index contributed by atoms with van der Waals surface area (Å²) in [7, 11) is 0. The van der Waals surface area contributed by atoms with Crippen LogP contribution in [0.2, 0.25) is 0 Å². The summed E-state index contributed by atoms with van der Waals surface area (Å²) in [5.41, 5.74) is 10.8. The normalized spacial score (nSPS) is 11.7. The predicted molar refractivity (Wildman–Crippen MR) is 161 cm³/mol. The average molecular weight is 485 g/mol. The number of aromatic nitrogens is 2. The number of benzene rings is 6. The minimum atomic E-state index is 1.15. The minimum absolute atomic E-state index is 1.15. The lowest BCUT2D eigenvalue weighted by atomic mass is 9.94. The van der Waals surface area contributed by atoms with Crippen LogP contribution in [-0.2, 0) is 0 Å². The van der Waals surface area contributed by atoms with E-state index >= 15 is 0 Å². The zero-order chi connectivity index (χ0) is 25.1. The van der Waals surface area contributed by atoms with E-state index < -0.39 is 0 Å². The standard InChI is InChI=1S/C36H24N2/c1-3-11-24(12-4-1)27-20-19-26(23-32(27)25-13-5-2-6-14-25)38-34-18-10-8-16-29(34)31-22-21-30-28-15-7-9-17-33(28)37-35(30)36(31)38/h1-23,37H. The van der Waals surface area contributed by atoms with Gasteiger partial charge >= 0.3 is 0 Å². The summed E-state index contributed by atoms with van der Waals surface area (Å²) >= 11 is 0. The Morgan fingerprint density at radius 3 is 1.87 bits per heavy atom. The molecule has 0 fully saturated rings. The Morgan fingerprint density at radius 2 is 1.08 bits per heavy atom. The molecule has 38 heavy (non-hydrogen) atoms. The van der Waals surface area contributed by atoms with E-state index in [2.05, 4.69) is 149 Å². The summed E-state index contributed by atoms with van der Waals surface area (Å²) < 4.78 is 2.43. The minimum Gasteiger partial charge on any atom is -0.353 e. The van der Waals surface area contributed by atoms with E-state index in [0.717, 1.165) is 11.2 Å². The van der Waals surface area contributed by atoms with Crippen LogP contribution in [-0.4, -0.2) is 9.55 Å². The van der Waals surface area contributed by atoms with Gasteiger partial charge in [-0.15, -0.1) is 0 Å². The molecular formula is C36H24N2. The first kappa shape index (κ1) is 21.0. The maximum atomic E-state index is 3.75. The monoisotopic (exact) mass is 484 g/mol. The summed E-state index contributed by atoms with van der Waals surface area (Å²) in [4.78, 5) is 3.75. The van der Waals surface area contributed by atoms with Gasteiger partial charge in [0.2, 0.25) is 0 Å². The average Bonchev–Trinajstić information content (AvgIpc) is 3.54. The number of nitrogens with one attached hydrogen (secondary N) is 1. The molecule has 0 saturated heterocycles. The molecule has 0 amide bonds. The molecule has 0 atom stereocenters. The van der Waals surface area contributed by atoms with Crippen LogP contribution in [0.5, 0.6) is 0 Å². The quantitative estimate of drug-likeness (QED) is 0.258. The molecule has 2 aromatic heterocycles. The fourth-order valence-electron chi connectivity index (χ4n) is 6.04. The molecule has 0 spiro atoms. The van der Waals surface area contributed by atoms with Gasteiger partial charge in [0.15, 0.2) is 0 Å². The van der Waals surface area contributed by atoms with Crippen LogP contribution in [0.3, 0.4) is 0 Å². The molecule has 0 unspecified atom stereocenters. The number of nitrogens with zero attached hydrogens (tertiary/aromatic N) is 1. The fourth-order valence-corrected chi connectivity index (χ4v) is 6.04. The maximum absolute atomic E-state index is 3.75. The fraction of sp³-hybridized carbons (Fsp3) is 0. The molecular weight excluding hydrogens is 460 g/mol. The topological polar surface area (TPSA) is 20.7 Å². The van der Waals surface area contributed by atoms with E-state index in [1.54, 1.807) is 0 Å². The van der Waals surface area contributed by atoms with E-state index in [0.29, 0.717) is 0 Å². The third-order valence-electron chi connectivity index (χ3n) is 7.74. The van der Waals surface area contributed by atoms with Gasteiger partial charge in [-0.3, -0.25) is 0 Å². The molecule has 0 bridgehead atoms. The SMILES string of the molecule is c1ccc(-c2ccc(-n3c4ccccc4c4ccc5c6ccccc6[nH]c5c43)cc2-c2ccccc2)cc1. The Morgan fingerprint density at radius 1 is 0.447 bits per heavy atom. The summed E-state index contributed by atoms with van der Waals surface area (Å²) in [5, 5.41) is 5.02. The molecule has 2 heterocycles. The van der Waals surface area contributed by atoms with Gasteiger partial charge in [-0.1, -0.05) is 115 Å². The Balaban J connectivity index is 1.50. The van der Waals surface area contributed by atoms with Crippen molar-refractivity contribution in [1.29, 1.82) is 0 Å². The van der Waals surface area contributed by atoms with Crippen molar-refractivity contribution in [2.24, 2.45) is 0 Å². The van der Waals surface area contributed by atoms with E-state index in [1.165, 1.54) is 60.3 Å². The van der Waals surface area contributed by atoms with Crippen LogP contribution in [0, 0.1) is 0 Å². The van der Waals surface area contributed by atoms with Gasteiger partial charge in [0, 0.05) is 32.7 Å². The van der Waals surface area contributed by atoms with Gasteiger partial charge in [-0.05, 0) is 46.5 Å². The van der Waals surface area contributed by atoms with Gasteiger partial charge in [-0.2, -0.15) is 0 Å². The van der Waals surface area contributed by atoms with E-state index in [1.807, 2.05) is 0 Å². The van der Waals surface area contributed by atoms with E-state index in [9.17, 15) is 0 Å². The van der Waals surface area contributed by atoms with Crippen molar-refractivity contribution in [1.82, 2.24) is 9.55 Å². The van der Waals surface area contributed by atoms with Crippen molar-refractivity contribution in [3.8, 4) is 27.9 Å².